The smallest absolute Gasteiger partial charge is 0.227 e. The summed E-state index contributed by atoms with van der Waals surface area (Å²) in [4.78, 5) is 14.1. The van der Waals surface area contributed by atoms with Gasteiger partial charge in [0, 0.05) is 18.2 Å². The topological polar surface area (TPSA) is 44.1 Å². The SMILES string of the molecule is N#Cc1ccc(N2C(=O)CC[C@@H]2Cc2ccccc2)cc1Cl. The minimum absolute atomic E-state index is 0.113. The Hall–Kier alpha value is -2.31. The molecule has 0 bridgehead atoms. The number of amides is 1. The van der Waals surface area contributed by atoms with Crippen LogP contribution in [0.3, 0.4) is 0 Å². The monoisotopic (exact) mass is 310 g/mol. The van der Waals surface area contributed by atoms with E-state index in [9.17, 15) is 4.79 Å². The molecule has 0 aromatic heterocycles. The molecule has 1 aliphatic heterocycles. The Bertz CT molecular complexity index is 736. The summed E-state index contributed by atoms with van der Waals surface area (Å²) < 4.78 is 0. The number of carbonyl (C=O) groups excluding carboxylic acids is 1. The Morgan fingerprint density at radius 3 is 2.68 bits per heavy atom. The van der Waals surface area contributed by atoms with E-state index >= 15 is 0 Å². The van der Waals surface area contributed by atoms with Crippen LogP contribution in [0.15, 0.2) is 48.5 Å². The van der Waals surface area contributed by atoms with E-state index in [1.807, 2.05) is 29.2 Å². The van der Waals surface area contributed by atoms with Crippen molar-refractivity contribution in [2.75, 3.05) is 4.90 Å². The number of nitrogens with zero attached hydrogens (tertiary/aromatic N) is 2. The van der Waals surface area contributed by atoms with Gasteiger partial charge < -0.3 is 4.90 Å². The van der Waals surface area contributed by atoms with Gasteiger partial charge in [-0.2, -0.15) is 5.26 Å². The van der Waals surface area contributed by atoms with E-state index in [-0.39, 0.29) is 11.9 Å². The molecule has 0 saturated carbocycles. The Labute approximate surface area is 134 Å². The second-order valence-electron chi connectivity index (χ2n) is 5.42. The molecule has 3 nitrogen and oxygen atoms in total. The maximum absolute atomic E-state index is 12.3. The lowest BCUT2D eigenvalue weighted by Gasteiger charge is -2.25. The molecule has 1 heterocycles. The molecule has 0 radical (unpaired) electrons. The zero-order valence-electron chi connectivity index (χ0n) is 12.0. The number of rotatable bonds is 3. The highest BCUT2D eigenvalue weighted by Gasteiger charge is 2.32. The van der Waals surface area contributed by atoms with E-state index in [0.717, 1.165) is 18.5 Å². The predicted molar refractivity (Wildman–Crippen MR) is 86.8 cm³/mol. The fourth-order valence-corrected chi connectivity index (χ4v) is 3.14. The second kappa shape index (κ2) is 6.21. The molecule has 3 rings (SSSR count). The zero-order chi connectivity index (χ0) is 15.5. The van der Waals surface area contributed by atoms with E-state index in [4.69, 9.17) is 16.9 Å². The molecule has 1 amide bonds. The lowest BCUT2D eigenvalue weighted by Crippen LogP contribution is -2.34. The third kappa shape index (κ3) is 2.84. The quantitative estimate of drug-likeness (QED) is 0.861. The maximum atomic E-state index is 12.3. The van der Waals surface area contributed by atoms with E-state index in [1.54, 1.807) is 18.2 Å². The van der Waals surface area contributed by atoms with Crippen LogP contribution in [0.1, 0.15) is 24.0 Å². The van der Waals surface area contributed by atoms with Gasteiger partial charge in [-0.3, -0.25) is 4.79 Å². The highest BCUT2D eigenvalue weighted by Crippen LogP contribution is 2.31. The van der Waals surface area contributed by atoms with E-state index in [2.05, 4.69) is 12.1 Å². The molecule has 2 aromatic carbocycles. The zero-order valence-corrected chi connectivity index (χ0v) is 12.8. The summed E-state index contributed by atoms with van der Waals surface area (Å²) >= 11 is 6.10. The van der Waals surface area contributed by atoms with Gasteiger partial charge in [-0.05, 0) is 36.6 Å². The number of halogens is 1. The van der Waals surface area contributed by atoms with Crippen molar-refractivity contribution in [2.24, 2.45) is 0 Å². The number of benzene rings is 2. The molecular weight excluding hydrogens is 296 g/mol. The van der Waals surface area contributed by atoms with Crippen LogP contribution < -0.4 is 4.90 Å². The molecule has 1 saturated heterocycles. The Kier molecular flexibility index (Phi) is 4.13. The van der Waals surface area contributed by atoms with Crippen LogP contribution in [-0.4, -0.2) is 11.9 Å². The lowest BCUT2D eigenvalue weighted by atomic mass is 10.0. The first kappa shape index (κ1) is 14.6. The van der Waals surface area contributed by atoms with Gasteiger partial charge in [-0.15, -0.1) is 0 Å². The van der Waals surface area contributed by atoms with Gasteiger partial charge in [-0.25, -0.2) is 0 Å². The van der Waals surface area contributed by atoms with E-state index in [1.165, 1.54) is 5.56 Å². The van der Waals surface area contributed by atoms with Crippen LogP contribution in [0, 0.1) is 11.3 Å². The standard InChI is InChI=1S/C18H15ClN2O/c19-17-11-16(7-6-14(17)12-20)21-15(8-9-18(21)22)10-13-4-2-1-3-5-13/h1-7,11,15H,8-10H2/t15-/m1/s1. The third-order valence-electron chi connectivity index (χ3n) is 3.99. The highest BCUT2D eigenvalue weighted by atomic mass is 35.5. The number of carbonyl (C=O) groups is 1. The summed E-state index contributed by atoms with van der Waals surface area (Å²) in [5.41, 5.74) is 2.41. The largest absolute Gasteiger partial charge is 0.309 e. The average Bonchev–Trinajstić information content (AvgIpc) is 2.89. The number of hydrogen-bond acceptors (Lipinski definition) is 2. The molecule has 1 atom stereocenters. The van der Waals surface area contributed by atoms with Crippen LogP contribution in [0.5, 0.6) is 0 Å². The van der Waals surface area contributed by atoms with Crippen LogP contribution in [0.25, 0.3) is 0 Å². The Balaban J connectivity index is 1.88. The van der Waals surface area contributed by atoms with Crippen molar-refractivity contribution in [3.05, 3.63) is 64.7 Å². The first-order valence-corrected chi connectivity index (χ1v) is 7.62. The molecule has 110 valence electrons. The summed E-state index contributed by atoms with van der Waals surface area (Å²) in [6.45, 7) is 0. The van der Waals surface area contributed by atoms with Gasteiger partial charge in [0.25, 0.3) is 0 Å². The van der Waals surface area contributed by atoms with Gasteiger partial charge in [0.15, 0.2) is 0 Å². The molecule has 0 N–H and O–H groups in total. The number of hydrogen-bond donors (Lipinski definition) is 0. The summed E-state index contributed by atoms with van der Waals surface area (Å²) in [6.07, 6.45) is 2.21. The molecular formula is C18H15ClN2O. The van der Waals surface area contributed by atoms with Crippen molar-refractivity contribution in [2.45, 2.75) is 25.3 Å². The fraction of sp³-hybridized carbons (Fsp3) is 0.222. The van der Waals surface area contributed by atoms with Crippen molar-refractivity contribution in [3.8, 4) is 6.07 Å². The van der Waals surface area contributed by atoms with E-state index < -0.39 is 0 Å². The molecule has 0 aliphatic carbocycles. The van der Waals surface area contributed by atoms with E-state index in [0.29, 0.717) is 17.0 Å². The number of nitriles is 1. The fourth-order valence-electron chi connectivity index (χ4n) is 2.92. The van der Waals surface area contributed by atoms with Crippen LogP contribution in [0.4, 0.5) is 5.69 Å². The minimum Gasteiger partial charge on any atom is -0.309 e. The first-order chi connectivity index (χ1) is 10.7. The normalized spacial score (nSPS) is 17.5. The van der Waals surface area contributed by atoms with Crippen LogP contribution in [0.2, 0.25) is 5.02 Å². The Morgan fingerprint density at radius 1 is 1.23 bits per heavy atom. The molecule has 1 aliphatic rings. The van der Waals surface area contributed by atoms with Gasteiger partial charge in [0.05, 0.1) is 10.6 Å². The van der Waals surface area contributed by atoms with Crippen LogP contribution in [-0.2, 0) is 11.2 Å². The second-order valence-corrected chi connectivity index (χ2v) is 5.83. The molecule has 0 spiro atoms. The summed E-state index contributed by atoms with van der Waals surface area (Å²) in [7, 11) is 0. The third-order valence-corrected chi connectivity index (χ3v) is 4.30. The van der Waals surface area contributed by atoms with Crippen LogP contribution >= 0.6 is 11.6 Å². The molecule has 2 aromatic rings. The lowest BCUT2D eigenvalue weighted by molar-refractivity contribution is -0.117. The summed E-state index contributed by atoms with van der Waals surface area (Å²) in [5, 5.41) is 9.35. The highest BCUT2D eigenvalue weighted by molar-refractivity contribution is 6.32. The predicted octanol–water partition coefficient (Wildman–Crippen LogP) is 3.95. The Morgan fingerprint density at radius 2 is 2.00 bits per heavy atom. The minimum atomic E-state index is 0.113. The van der Waals surface area contributed by atoms with Crippen molar-refractivity contribution < 1.29 is 4.79 Å². The molecule has 4 heteroatoms. The van der Waals surface area contributed by atoms with Crippen molar-refractivity contribution in [1.29, 1.82) is 5.26 Å². The van der Waals surface area contributed by atoms with Gasteiger partial charge in [0.1, 0.15) is 6.07 Å². The van der Waals surface area contributed by atoms with Crippen molar-refractivity contribution in [1.82, 2.24) is 0 Å². The van der Waals surface area contributed by atoms with Gasteiger partial charge in [-0.1, -0.05) is 41.9 Å². The maximum Gasteiger partial charge on any atom is 0.227 e. The summed E-state index contributed by atoms with van der Waals surface area (Å²) in [5.74, 6) is 0.113. The van der Waals surface area contributed by atoms with Crippen molar-refractivity contribution in [3.63, 3.8) is 0 Å². The molecule has 0 unspecified atom stereocenters. The summed E-state index contributed by atoms with van der Waals surface area (Å²) in [6, 6.07) is 17.5. The first-order valence-electron chi connectivity index (χ1n) is 7.24. The van der Waals surface area contributed by atoms with Gasteiger partial charge >= 0.3 is 0 Å². The number of anilines is 1. The molecule has 22 heavy (non-hydrogen) atoms. The average molecular weight is 311 g/mol. The molecule has 1 fully saturated rings. The van der Waals surface area contributed by atoms with Gasteiger partial charge in [0.2, 0.25) is 5.91 Å². The van der Waals surface area contributed by atoms with Crippen molar-refractivity contribution >= 4 is 23.2 Å².